The molecule has 0 amide bonds. The van der Waals surface area contributed by atoms with Gasteiger partial charge in [0.1, 0.15) is 17.9 Å². The molecule has 94 valence electrons. The summed E-state index contributed by atoms with van der Waals surface area (Å²) in [4.78, 5) is 7.98. The largest absolute Gasteiger partial charge is 0.439 e. The van der Waals surface area contributed by atoms with E-state index in [2.05, 4.69) is 29.2 Å². The van der Waals surface area contributed by atoms with Gasteiger partial charge in [-0.25, -0.2) is 15.8 Å². The highest BCUT2D eigenvalue weighted by Crippen LogP contribution is 2.29. The van der Waals surface area contributed by atoms with E-state index in [9.17, 15) is 0 Å². The highest BCUT2D eigenvalue weighted by molar-refractivity contribution is 5.41. The molecule has 0 spiro atoms. The molecule has 0 radical (unpaired) electrons. The van der Waals surface area contributed by atoms with Gasteiger partial charge in [0.05, 0.1) is 0 Å². The van der Waals surface area contributed by atoms with Crippen molar-refractivity contribution >= 4 is 5.82 Å². The molecule has 0 fully saturated rings. The molecule has 0 aliphatic carbocycles. The number of nitrogens with zero attached hydrogens (tertiary/aromatic N) is 2. The van der Waals surface area contributed by atoms with E-state index in [1.807, 2.05) is 24.3 Å². The van der Waals surface area contributed by atoms with Gasteiger partial charge in [0.2, 0.25) is 5.88 Å². The van der Waals surface area contributed by atoms with Crippen LogP contribution in [0, 0.1) is 0 Å². The highest BCUT2D eigenvalue weighted by Gasteiger charge is 2.08. The summed E-state index contributed by atoms with van der Waals surface area (Å²) in [6.45, 7) is 4.24. The molecule has 5 nitrogen and oxygen atoms in total. The van der Waals surface area contributed by atoms with Crippen molar-refractivity contribution in [1.29, 1.82) is 0 Å². The lowest BCUT2D eigenvalue weighted by atomic mass is 10.0. The average Bonchev–Trinajstić information content (AvgIpc) is 2.39. The topological polar surface area (TPSA) is 73.1 Å². The SMILES string of the molecule is CC(C)c1ccccc1Oc1cc(NN)ncn1. The molecule has 0 aliphatic rings. The van der Waals surface area contributed by atoms with E-state index in [0.717, 1.165) is 11.3 Å². The third-order valence-electron chi connectivity index (χ3n) is 2.55. The molecule has 5 heteroatoms. The van der Waals surface area contributed by atoms with Gasteiger partial charge in [0.25, 0.3) is 0 Å². The Kier molecular flexibility index (Phi) is 3.74. The number of nitrogen functional groups attached to an aromatic ring is 1. The van der Waals surface area contributed by atoms with Crippen molar-refractivity contribution in [2.75, 3.05) is 5.43 Å². The van der Waals surface area contributed by atoms with Gasteiger partial charge >= 0.3 is 0 Å². The normalized spacial score (nSPS) is 10.4. The Morgan fingerprint density at radius 1 is 1.22 bits per heavy atom. The van der Waals surface area contributed by atoms with Crippen LogP contribution in [-0.4, -0.2) is 9.97 Å². The summed E-state index contributed by atoms with van der Waals surface area (Å²) in [5.74, 6) is 7.46. The summed E-state index contributed by atoms with van der Waals surface area (Å²) in [6, 6.07) is 9.55. The third-order valence-corrected chi connectivity index (χ3v) is 2.55. The highest BCUT2D eigenvalue weighted by atomic mass is 16.5. The Morgan fingerprint density at radius 3 is 2.72 bits per heavy atom. The third kappa shape index (κ3) is 2.75. The first-order chi connectivity index (χ1) is 8.70. The number of hydrazine groups is 1. The smallest absolute Gasteiger partial charge is 0.224 e. The second-order valence-electron chi connectivity index (χ2n) is 4.18. The van der Waals surface area contributed by atoms with E-state index in [1.165, 1.54) is 6.33 Å². The summed E-state index contributed by atoms with van der Waals surface area (Å²) in [7, 11) is 0. The van der Waals surface area contributed by atoms with Crippen LogP contribution < -0.4 is 16.0 Å². The monoisotopic (exact) mass is 244 g/mol. The Balaban J connectivity index is 2.28. The number of ether oxygens (including phenoxy) is 1. The fourth-order valence-corrected chi connectivity index (χ4v) is 1.64. The maximum Gasteiger partial charge on any atom is 0.224 e. The van der Waals surface area contributed by atoms with Crippen molar-refractivity contribution in [3.63, 3.8) is 0 Å². The first kappa shape index (κ1) is 12.3. The number of nitrogens with one attached hydrogen (secondary N) is 1. The minimum Gasteiger partial charge on any atom is -0.439 e. The quantitative estimate of drug-likeness (QED) is 0.639. The van der Waals surface area contributed by atoms with Crippen molar-refractivity contribution in [1.82, 2.24) is 9.97 Å². The lowest BCUT2D eigenvalue weighted by Gasteiger charge is -2.12. The number of benzene rings is 1. The number of para-hydroxylation sites is 1. The summed E-state index contributed by atoms with van der Waals surface area (Å²) in [6.07, 6.45) is 1.41. The molecule has 0 atom stereocenters. The standard InChI is InChI=1S/C13H16N4O/c1-9(2)10-5-3-4-6-11(10)18-13-7-12(17-14)15-8-16-13/h3-9H,14H2,1-2H3,(H,15,16,17). The summed E-state index contributed by atoms with van der Waals surface area (Å²) >= 11 is 0. The van der Waals surface area contributed by atoms with E-state index < -0.39 is 0 Å². The van der Waals surface area contributed by atoms with Gasteiger partial charge in [0, 0.05) is 6.07 Å². The van der Waals surface area contributed by atoms with Crippen LogP contribution in [0.4, 0.5) is 5.82 Å². The molecule has 2 aromatic rings. The van der Waals surface area contributed by atoms with Crippen molar-refractivity contribution in [2.45, 2.75) is 19.8 Å². The Labute approximate surface area is 106 Å². The first-order valence-electron chi connectivity index (χ1n) is 5.76. The molecule has 1 aromatic carbocycles. The van der Waals surface area contributed by atoms with Gasteiger partial charge in [-0.2, -0.15) is 0 Å². The number of hydrogen-bond donors (Lipinski definition) is 2. The maximum atomic E-state index is 5.77. The Hall–Kier alpha value is -2.14. The molecule has 0 saturated heterocycles. The van der Waals surface area contributed by atoms with E-state index in [1.54, 1.807) is 6.07 Å². The minimum absolute atomic E-state index is 0.384. The van der Waals surface area contributed by atoms with Gasteiger partial charge in [-0.1, -0.05) is 32.0 Å². The van der Waals surface area contributed by atoms with Crippen LogP contribution in [0.2, 0.25) is 0 Å². The second-order valence-corrected chi connectivity index (χ2v) is 4.18. The number of anilines is 1. The van der Waals surface area contributed by atoms with Gasteiger partial charge in [0.15, 0.2) is 0 Å². The lowest BCUT2D eigenvalue weighted by molar-refractivity contribution is 0.453. The Morgan fingerprint density at radius 2 is 2.00 bits per heavy atom. The fourth-order valence-electron chi connectivity index (χ4n) is 1.64. The van der Waals surface area contributed by atoms with E-state index in [0.29, 0.717) is 17.6 Å². The molecule has 1 heterocycles. The molecule has 0 unspecified atom stereocenters. The zero-order valence-corrected chi connectivity index (χ0v) is 10.4. The second kappa shape index (κ2) is 5.46. The van der Waals surface area contributed by atoms with Gasteiger partial charge in [-0.05, 0) is 17.5 Å². The van der Waals surface area contributed by atoms with E-state index >= 15 is 0 Å². The number of hydrogen-bond acceptors (Lipinski definition) is 5. The fraction of sp³-hybridized carbons (Fsp3) is 0.231. The summed E-state index contributed by atoms with van der Waals surface area (Å²) in [5, 5.41) is 0. The minimum atomic E-state index is 0.384. The average molecular weight is 244 g/mol. The molecule has 0 saturated carbocycles. The van der Waals surface area contributed by atoms with Crippen molar-refractivity contribution in [2.24, 2.45) is 5.84 Å². The molecule has 0 aliphatic heterocycles. The van der Waals surface area contributed by atoms with Crippen LogP contribution in [0.3, 0.4) is 0 Å². The van der Waals surface area contributed by atoms with Gasteiger partial charge in [-0.15, -0.1) is 0 Å². The number of nitrogens with two attached hydrogens (primary N) is 1. The molecule has 2 rings (SSSR count). The summed E-state index contributed by atoms with van der Waals surface area (Å²) in [5.41, 5.74) is 3.60. The van der Waals surface area contributed by atoms with E-state index in [4.69, 9.17) is 10.6 Å². The summed E-state index contributed by atoms with van der Waals surface area (Å²) < 4.78 is 5.77. The number of rotatable bonds is 4. The zero-order valence-electron chi connectivity index (χ0n) is 10.4. The molecule has 3 N–H and O–H groups in total. The van der Waals surface area contributed by atoms with Crippen LogP contribution in [-0.2, 0) is 0 Å². The number of aromatic nitrogens is 2. The van der Waals surface area contributed by atoms with Gasteiger partial charge in [-0.3, -0.25) is 0 Å². The molecule has 18 heavy (non-hydrogen) atoms. The van der Waals surface area contributed by atoms with Crippen LogP contribution in [0.15, 0.2) is 36.7 Å². The predicted molar refractivity (Wildman–Crippen MR) is 70.4 cm³/mol. The van der Waals surface area contributed by atoms with Crippen molar-refractivity contribution < 1.29 is 4.74 Å². The van der Waals surface area contributed by atoms with Gasteiger partial charge < -0.3 is 10.2 Å². The van der Waals surface area contributed by atoms with Crippen LogP contribution in [0.1, 0.15) is 25.3 Å². The zero-order chi connectivity index (χ0) is 13.0. The maximum absolute atomic E-state index is 5.77. The lowest BCUT2D eigenvalue weighted by Crippen LogP contribution is -2.08. The van der Waals surface area contributed by atoms with Crippen LogP contribution in [0.5, 0.6) is 11.6 Å². The van der Waals surface area contributed by atoms with E-state index in [-0.39, 0.29) is 0 Å². The molecular formula is C13H16N4O. The Bertz CT molecular complexity index is 528. The molecule has 0 bridgehead atoms. The first-order valence-corrected chi connectivity index (χ1v) is 5.76. The van der Waals surface area contributed by atoms with Crippen molar-refractivity contribution in [3.05, 3.63) is 42.2 Å². The molecule has 1 aromatic heterocycles. The van der Waals surface area contributed by atoms with Crippen molar-refractivity contribution in [3.8, 4) is 11.6 Å². The van der Waals surface area contributed by atoms with Crippen LogP contribution in [0.25, 0.3) is 0 Å². The molecular weight excluding hydrogens is 228 g/mol. The van der Waals surface area contributed by atoms with Crippen LogP contribution >= 0.6 is 0 Å². The predicted octanol–water partition coefficient (Wildman–Crippen LogP) is 2.68.